The van der Waals surface area contributed by atoms with E-state index < -0.39 is 17.4 Å². The first-order chi connectivity index (χ1) is 10.0. The van der Waals surface area contributed by atoms with Gasteiger partial charge in [-0.1, -0.05) is 36.9 Å². The average molecular weight is 311 g/mol. The summed E-state index contributed by atoms with van der Waals surface area (Å²) in [5, 5.41) is 2.64. The molecular formula is C15H16ClFN2O2. The Balaban J connectivity index is 1.95. The summed E-state index contributed by atoms with van der Waals surface area (Å²) in [7, 11) is 0. The minimum absolute atomic E-state index is 0.0169. The lowest BCUT2D eigenvalue weighted by Crippen LogP contribution is -2.50. The molecule has 1 saturated carbocycles. The van der Waals surface area contributed by atoms with Crippen molar-refractivity contribution in [3.05, 3.63) is 34.6 Å². The number of nitrogens with zero attached hydrogens (tertiary/aromatic N) is 1. The lowest BCUT2D eigenvalue weighted by atomic mass is 9.80. The van der Waals surface area contributed by atoms with Crippen molar-refractivity contribution in [1.82, 2.24) is 10.2 Å². The first kappa shape index (κ1) is 14.3. The molecule has 1 aliphatic carbocycles. The van der Waals surface area contributed by atoms with Gasteiger partial charge in [0.2, 0.25) is 0 Å². The van der Waals surface area contributed by atoms with E-state index in [-0.39, 0.29) is 23.0 Å². The van der Waals surface area contributed by atoms with Crippen LogP contribution < -0.4 is 5.32 Å². The topological polar surface area (TPSA) is 49.4 Å². The number of carbonyl (C=O) groups is 2. The van der Waals surface area contributed by atoms with Crippen LogP contribution in [0.2, 0.25) is 5.02 Å². The maximum absolute atomic E-state index is 14.0. The molecule has 2 aliphatic rings. The summed E-state index contributed by atoms with van der Waals surface area (Å²) < 4.78 is 14.0. The Bertz CT molecular complexity index is 579. The molecular weight excluding hydrogens is 295 g/mol. The van der Waals surface area contributed by atoms with E-state index in [2.05, 4.69) is 5.32 Å². The number of imide groups is 1. The highest BCUT2D eigenvalue weighted by atomic mass is 35.5. The molecule has 0 radical (unpaired) electrons. The van der Waals surface area contributed by atoms with Crippen LogP contribution in [0.15, 0.2) is 18.2 Å². The van der Waals surface area contributed by atoms with E-state index in [1.165, 1.54) is 17.0 Å². The van der Waals surface area contributed by atoms with Gasteiger partial charge in [0.25, 0.3) is 5.91 Å². The van der Waals surface area contributed by atoms with Crippen LogP contribution in [-0.4, -0.2) is 22.4 Å². The summed E-state index contributed by atoms with van der Waals surface area (Å²) in [6, 6.07) is 3.96. The number of nitrogens with one attached hydrogen (secondary N) is 1. The van der Waals surface area contributed by atoms with Crippen LogP contribution in [0.3, 0.4) is 0 Å². The van der Waals surface area contributed by atoms with Crippen LogP contribution in [0.1, 0.15) is 37.7 Å². The number of hydrogen-bond donors (Lipinski definition) is 1. The fourth-order valence-corrected chi connectivity index (χ4v) is 3.52. The predicted molar refractivity (Wildman–Crippen MR) is 76.3 cm³/mol. The molecule has 1 heterocycles. The lowest BCUT2D eigenvalue weighted by Gasteiger charge is -2.38. The second-order valence-electron chi connectivity index (χ2n) is 5.64. The third kappa shape index (κ3) is 2.29. The first-order valence-electron chi connectivity index (χ1n) is 7.10. The van der Waals surface area contributed by atoms with Crippen LogP contribution in [0.5, 0.6) is 0 Å². The third-order valence-electron chi connectivity index (χ3n) is 4.46. The Labute approximate surface area is 127 Å². The second-order valence-corrected chi connectivity index (χ2v) is 6.05. The second kappa shape index (κ2) is 5.30. The molecule has 2 fully saturated rings. The van der Waals surface area contributed by atoms with Crippen molar-refractivity contribution in [2.75, 3.05) is 0 Å². The van der Waals surface area contributed by atoms with E-state index in [9.17, 15) is 14.0 Å². The van der Waals surface area contributed by atoms with Gasteiger partial charge in [0.1, 0.15) is 11.4 Å². The highest BCUT2D eigenvalue weighted by molar-refractivity contribution is 6.31. The fourth-order valence-electron chi connectivity index (χ4n) is 3.30. The van der Waals surface area contributed by atoms with E-state index >= 15 is 0 Å². The molecule has 1 aliphatic heterocycles. The highest BCUT2D eigenvalue weighted by Gasteiger charge is 2.52. The van der Waals surface area contributed by atoms with Crippen LogP contribution in [0.4, 0.5) is 9.18 Å². The van der Waals surface area contributed by atoms with Crippen molar-refractivity contribution in [3.63, 3.8) is 0 Å². The van der Waals surface area contributed by atoms with Gasteiger partial charge in [-0.05, 0) is 25.0 Å². The van der Waals surface area contributed by atoms with Crippen molar-refractivity contribution in [2.24, 2.45) is 0 Å². The highest BCUT2D eigenvalue weighted by Crippen LogP contribution is 2.38. The number of benzene rings is 1. The lowest BCUT2D eigenvalue weighted by molar-refractivity contribution is -0.128. The molecule has 6 heteroatoms. The van der Waals surface area contributed by atoms with E-state index in [0.717, 1.165) is 19.3 Å². The van der Waals surface area contributed by atoms with Gasteiger partial charge in [-0.3, -0.25) is 10.1 Å². The Morgan fingerprint density at radius 3 is 2.62 bits per heavy atom. The summed E-state index contributed by atoms with van der Waals surface area (Å²) >= 11 is 6.04. The molecule has 1 N–H and O–H groups in total. The molecule has 1 aromatic carbocycles. The summed E-state index contributed by atoms with van der Waals surface area (Å²) in [6.07, 6.45) is 4.08. The average Bonchev–Trinajstić information content (AvgIpc) is 2.67. The maximum atomic E-state index is 14.0. The summed E-state index contributed by atoms with van der Waals surface area (Å²) in [4.78, 5) is 25.8. The molecule has 0 unspecified atom stereocenters. The van der Waals surface area contributed by atoms with Crippen LogP contribution in [0, 0.1) is 5.82 Å². The molecule has 3 amide bonds. The van der Waals surface area contributed by atoms with Gasteiger partial charge in [-0.25, -0.2) is 9.18 Å². The zero-order valence-electron chi connectivity index (χ0n) is 11.5. The monoisotopic (exact) mass is 310 g/mol. The number of urea groups is 1. The van der Waals surface area contributed by atoms with Gasteiger partial charge in [0, 0.05) is 10.6 Å². The third-order valence-corrected chi connectivity index (χ3v) is 4.82. The molecule has 112 valence electrons. The molecule has 3 rings (SSSR count). The van der Waals surface area contributed by atoms with E-state index in [1.54, 1.807) is 6.07 Å². The molecule has 21 heavy (non-hydrogen) atoms. The fraction of sp³-hybridized carbons (Fsp3) is 0.467. The largest absolute Gasteiger partial charge is 0.325 e. The van der Waals surface area contributed by atoms with Crippen LogP contribution in [-0.2, 0) is 11.3 Å². The predicted octanol–water partition coefficient (Wildman–Crippen LogP) is 3.23. The van der Waals surface area contributed by atoms with E-state index in [4.69, 9.17) is 11.6 Å². The van der Waals surface area contributed by atoms with Gasteiger partial charge in [-0.2, -0.15) is 0 Å². The zero-order valence-corrected chi connectivity index (χ0v) is 12.3. The normalized spacial score (nSPS) is 21.0. The van der Waals surface area contributed by atoms with Gasteiger partial charge >= 0.3 is 6.03 Å². The molecule has 1 saturated heterocycles. The minimum atomic E-state index is -0.832. The Morgan fingerprint density at radius 2 is 1.95 bits per heavy atom. The summed E-state index contributed by atoms with van der Waals surface area (Å²) in [5.41, 5.74) is -0.574. The van der Waals surface area contributed by atoms with Crippen molar-refractivity contribution < 1.29 is 14.0 Å². The number of rotatable bonds is 2. The smallest absolute Gasteiger partial charge is 0.305 e. The number of amides is 3. The van der Waals surface area contributed by atoms with Crippen molar-refractivity contribution >= 4 is 23.5 Å². The zero-order chi connectivity index (χ0) is 15.0. The molecule has 0 aromatic heterocycles. The van der Waals surface area contributed by atoms with Crippen molar-refractivity contribution in [3.8, 4) is 0 Å². The number of hydrogen-bond acceptors (Lipinski definition) is 2. The van der Waals surface area contributed by atoms with Gasteiger partial charge in [-0.15, -0.1) is 0 Å². The van der Waals surface area contributed by atoms with Crippen LogP contribution in [0.25, 0.3) is 0 Å². The minimum Gasteiger partial charge on any atom is -0.305 e. The summed E-state index contributed by atoms with van der Waals surface area (Å²) in [6.45, 7) is 0.0169. The first-order valence-corrected chi connectivity index (χ1v) is 7.48. The Morgan fingerprint density at radius 1 is 1.24 bits per heavy atom. The molecule has 1 spiro atoms. The quantitative estimate of drug-likeness (QED) is 0.853. The van der Waals surface area contributed by atoms with Gasteiger partial charge < -0.3 is 4.90 Å². The SMILES string of the molecule is O=C1NC(=O)C2(CCCCC2)N1Cc1c(F)cccc1Cl. The molecule has 0 atom stereocenters. The standard InChI is InChI=1S/C15H16ClFN2O2/c16-11-5-4-6-12(17)10(11)9-19-14(21)18-13(20)15(19)7-2-1-3-8-15/h4-6H,1-3,7-9H2,(H,18,20,21). The molecule has 1 aromatic rings. The van der Waals surface area contributed by atoms with Gasteiger partial charge in [0.15, 0.2) is 0 Å². The number of carbonyl (C=O) groups excluding carboxylic acids is 2. The van der Waals surface area contributed by atoms with Crippen molar-refractivity contribution in [2.45, 2.75) is 44.2 Å². The Hall–Kier alpha value is -1.62. The van der Waals surface area contributed by atoms with Gasteiger partial charge in [0.05, 0.1) is 6.54 Å². The van der Waals surface area contributed by atoms with E-state index in [1.807, 2.05) is 0 Å². The van der Waals surface area contributed by atoms with Crippen molar-refractivity contribution in [1.29, 1.82) is 0 Å². The maximum Gasteiger partial charge on any atom is 0.325 e. The molecule has 4 nitrogen and oxygen atoms in total. The summed E-state index contributed by atoms with van der Waals surface area (Å²) in [5.74, 6) is -0.722. The van der Waals surface area contributed by atoms with E-state index in [0.29, 0.717) is 12.8 Å². The Kier molecular flexibility index (Phi) is 3.61. The van der Waals surface area contributed by atoms with Crippen LogP contribution >= 0.6 is 11.6 Å². The number of halogens is 2. The molecule has 0 bridgehead atoms.